The number of nitriles is 2. The molecule has 3 rings (SSSR count). The predicted molar refractivity (Wildman–Crippen MR) is 84.5 cm³/mol. The molecular weight excluding hydrogens is 270 g/mol. The molecule has 3 nitrogen and oxygen atoms in total. The van der Waals surface area contributed by atoms with Crippen LogP contribution in [0.4, 0.5) is 0 Å². The predicted octanol–water partition coefficient (Wildman–Crippen LogP) is 4.16. The highest BCUT2D eigenvalue weighted by molar-refractivity contribution is 5.68. The molecule has 1 heterocycles. The summed E-state index contributed by atoms with van der Waals surface area (Å²) in [6, 6.07) is 23.2. The normalized spacial score (nSPS) is 9.73. The van der Waals surface area contributed by atoms with Crippen LogP contribution in [-0.2, 0) is 0 Å². The van der Waals surface area contributed by atoms with Crippen molar-refractivity contribution in [2.24, 2.45) is 0 Å². The summed E-state index contributed by atoms with van der Waals surface area (Å²) in [5, 5.41) is 18.0. The SMILES string of the molecule is N#Cc1ccc(-c2ccc(-c3ccccc3)cn2)cc1C#N. The Morgan fingerprint density at radius 1 is 0.682 bits per heavy atom. The van der Waals surface area contributed by atoms with Gasteiger partial charge in [0.1, 0.15) is 12.1 Å². The number of aromatic nitrogens is 1. The first-order valence-corrected chi connectivity index (χ1v) is 6.78. The van der Waals surface area contributed by atoms with E-state index in [0.29, 0.717) is 11.1 Å². The molecule has 1 aromatic heterocycles. The Hall–Kier alpha value is -3.43. The minimum atomic E-state index is 0.369. The van der Waals surface area contributed by atoms with Crippen molar-refractivity contribution in [1.82, 2.24) is 4.98 Å². The average molecular weight is 281 g/mol. The molecular formula is C19H11N3. The Bertz CT molecular complexity index is 883. The molecule has 3 heteroatoms. The average Bonchev–Trinajstić information content (AvgIpc) is 2.62. The topological polar surface area (TPSA) is 60.5 Å². The second-order valence-corrected chi connectivity index (χ2v) is 4.78. The highest BCUT2D eigenvalue weighted by Crippen LogP contribution is 2.24. The number of benzene rings is 2. The molecule has 0 saturated carbocycles. The van der Waals surface area contributed by atoms with E-state index in [1.165, 1.54) is 0 Å². The zero-order chi connectivity index (χ0) is 15.4. The molecule has 0 saturated heterocycles. The Balaban J connectivity index is 1.97. The van der Waals surface area contributed by atoms with Crippen LogP contribution in [0.25, 0.3) is 22.4 Å². The Morgan fingerprint density at radius 3 is 2.05 bits per heavy atom. The summed E-state index contributed by atoms with van der Waals surface area (Å²) in [6.45, 7) is 0. The molecule has 102 valence electrons. The molecule has 0 unspecified atom stereocenters. The van der Waals surface area contributed by atoms with E-state index < -0.39 is 0 Å². The van der Waals surface area contributed by atoms with Crippen LogP contribution < -0.4 is 0 Å². The van der Waals surface area contributed by atoms with Gasteiger partial charge in [0, 0.05) is 17.3 Å². The summed E-state index contributed by atoms with van der Waals surface area (Å²) in [7, 11) is 0. The van der Waals surface area contributed by atoms with Crippen LogP contribution in [0.15, 0.2) is 66.9 Å². The van der Waals surface area contributed by atoms with Gasteiger partial charge in [-0.25, -0.2) is 0 Å². The van der Waals surface area contributed by atoms with E-state index in [2.05, 4.69) is 4.98 Å². The van der Waals surface area contributed by atoms with Gasteiger partial charge in [-0.05, 0) is 23.8 Å². The summed E-state index contributed by atoms with van der Waals surface area (Å²) >= 11 is 0. The highest BCUT2D eigenvalue weighted by atomic mass is 14.7. The highest BCUT2D eigenvalue weighted by Gasteiger charge is 2.06. The molecule has 0 fully saturated rings. The molecule has 0 aliphatic carbocycles. The van der Waals surface area contributed by atoms with E-state index >= 15 is 0 Å². The molecule has 0 N–H and O–H groups in total. The second-order valence-electron chi connectivity index (χ2n) is 4.78. The molecule has 0 spiro atoms. The molecule has 0 radical (unpaired) electrons. The van der Waals surface area contributed by atoms with Crippen molar-refractivity contribution in [2.75, 3.05) is 0 Å². The van der Waals surface area contributed by atoms with Gasteiger partial charge in [-0.1, -0.05) is 42.5 Å². The van der Waals surface area contributed by atoms with E-state index in [0.717, 1.165) is 22.4 Å². The Labute approximate surface area is 128 Å². The summed E-state index contributed by atoms with van der Waals surface area (Å²) < 4.78 is 0. The van der Waals surface area contributed by atoms with E-state index in [9.17, 15) is 0 Å². The number of pyridine rings is 1. The van der Waals surface area contributed by atoms with Gasteiger partial charge in [-0.15, -0.1) is 0 Å². The van der Waals surface area contributed by atoms with Crippen molar-refractivity contribution >= 4 is 0 Å². The second kappa shape index (κ2) is 5.91. The molecule has 3 aromatic rings. The van der Waals surface area contributed by atoms with Crippen molar-refractivity contribution in [3.63, 3.8) is 0 Å². The van der Waals surface area contributed by atoms with Crippen LogP contribution in [0.2, 0.25) is 0 Å². The first kappa shape index (κ1) is 13.5. The van der Waals surface area contributed by atoms with Crippen LogP contribution in [-0.4, -0.2) is 4.98 Å². The first-order valence-electron chi connectivity index (χ1n) is 6.78. The van der Waals surface area contributed by atoms with Gasteiger partial charge in [0.15, 0.2) is 0 Å². The van der Waals surface area contributed by atoms with Gasteiger partial charge in [0.2, 0.25) is 0 Å². The van der Waals surface area contributed by atoms with E-state index in [1.807, 2.05) is 66.9 Å². The lowest BCUT2D eigenvalue weighted by molar-refractivity contribution is 1.32. The summed E-state index contributed by atoms with van der Waals surface area (Å²) in [5.41, 5.74) is 4.51. The van der Waals surface area contributed by atoms with Crippen LogP contribution in [0.5, 0.6) is 0 Å². The van der Waals surface area contributed by atoms with E-state index in [4.69, 9.17) is 10.5 Å². The lowest BCUT2D eigenvalue weighted by Gasteiger charge is -2.05. The van der Waals surface area contributed by atoms with Crippen LogP contribution in [0.3, 0.4) is 0 Å². The lowest BCUT2D eigenvalue weighted by atomic mass is 10.0. The fourth-order valence-electron chi connectivity index (χ4n) is 2.26. The Morgan fingerprint density at radius 2 is 1.41 bits per heavy atom. The minimum absolute atomic E-state index is 0.369. The Kier molecular flexibility index (Phi) is 3.64. The monoisotopic (exact) mass is 281 g/mol. The maximum atomic E-state index is 9.09. The van der Waals surface area contributed by atoms with Crippen molar-refractivity contribution in [3.05, 3.63) is 78.0 Å². The largest absolute Gasteiger partial charge is 0.256 e. The van der Waals surface area contributed by atoms with Gasteiger partial charge in [0.05, 0.1) is 16.8 Å². The van der Waals surface area contributed by atoms with Crippen molar-refractivity contribution in [2.45, 2.75) is 0 Å². The smallest absolute Gasteiger partial charge is 0.101 e. The maximum absolute atomic E-state index is 9.09. The molecule has 0 amide bonds. The van der Waals surface area contributed by atoms with Crippen molar-refractivity contribution in [1.29, 1.82) is 10.5 Å². The number of hydrogen-bond donors (Lipinski definition) is 0. The van der Waals surface area contributed by atoms with E-state index in [-0.39, 0.29) is 0 Å². The zero-order valence-electron chi connectivity index (χ0n) is 11.7. The van der Waals surface area contributed by atoms with Gasteiger partial charge in [-0.3, -0.25) is 4.98 Å². The molecule has 0 aliphatic heterocycles. The maximum Gasteiger partial charge on any atom is 0.101 e. The minimum Gasteiger partial charge on any atom is -0.256 e. The lowest BCUT2D eigenvalue weighted by Crippen LogP contribution is -1.88. The summed E-state index contributed by atoms with van der Waals surface area (Å²) in [5.74, 6) is 0. The third-order valence-electron chi connectivity index (χ3n) is 3.43. The van der Waals surface area contributed by atoms with Gasteiger partial charge < -0.3 is 0 Å². The third kappa shape index (κ3) is 2.57. The summed E-state index contributed by atoms with van der Waals surface area (Å²) in [4.78, 5) is 4.46. The van der Waals surface area contributed by atoms with Crippen molar-refractivity contribution in [3.8, 4) is 34.5 Å². The van der Waals surface area contributed by atoms with Gasteiger partial charge in [0.25, 0.3) is 0 Å². The number of rotatable bonds is 2. The molecule has 0 atom stereocenters. The van der Waals surface area contributed by atoms with Crippen LogP contribution in [0, 0.1) is 22.7 Å². The fraction of sp³-hybridized carbons (Fsp3) is 0. The molecule has 2 aromatic carbocycles. The first-order chi connectivity index (χ1) is 10.8. The molecule has 0 bridgehead atoms. The molecule has 22 heavy (non-hydrogen) atoms. The van der Waals surface area contributed by atoms with Crippen molar-refractivity contribution < 1.29 is 0 Å². The molecule has 0 aliphatic rings. The van der Waals surface area contributed by atoms with Gasteiger partial charge in [-0.2, -0.15) is 10.5 Å². The quantitative estimate of drug-likeness (QED) is 0.708. The fourth-order valence-corrected chi connectivity index (χ4v) is 2.26. The van der Waals surface area contributed by atoms with E-state index in [1.54, 1.807) is 12.1 Å². The van der Waals surface area contributed by atoms with Crippen LogP contribution >= 0.6 is 0 Å². The number of nitrogens with zero attached hydrogens (tertiary/aromatic N) is 3. The summed E-state index contributed by atoms with van der Waals surface area (Å²) in [6.07, 6.45) is 1.81. The zero-order valence-corrected chi connectivity index (χ0v) is 11.7. The van der Waals surface area contributed by atoms with Crippen LogP contribution in [0.1, 0.15) is 11.1 Å². The van der Waals surface area contributed by atoms with Gasteiger partial charge >= 0.3 is 0 Å². The third-order valence-corrected chi connectivity index (χ3v) is 3.43. The standard InChI is InChI=1S/C19H11N3/c20-11-16-7-6-15(10-18(16)12-21)19-9-8-17(13-22-19)14-4-2-1-3-5-14/h1-10,13H. The number of hydrogen-bond acceptors (Lipinski definition) is 3.